The summed E-state index contributed by atoms with van der Waals surface area (Å²) < 4.78 is 6.09. The number of hydrogen-bond donors (Lipinski definition) is 1. The van der Waals surface area contributed by atoms with Gasteiger partial charge in [0.05, 0.1) is 0 Å². The first-order valence-corrected chi connectivity index (χ1v) is 7.88. The Balaban J connectivity index is 2.05. The molecule has 1 heterocycles. The molecule has 1 aromatic rings. The number of benzene rings is 1. The van der Waals surface area contributed by atoms with E-state index in [-0.39, 0.29) is 11.6 Å². The monoisotopic (exact) mass is 276 g/mol. The maximum absolute atomic E-state index is 6.09. The lowest BCUT2D eigenvalue weighted by Crippen LogP contribution is -2.55. The smallest absolute Gasteiger partial charge is 0.123 e. The van der Waals surface area contributed by atoms with Crippen molar-refractivity contribution in [3.05, 3.63) is 29.8 Å². The van der Waals surface area contributed by atoms with Crippen LogP contribution >= 0.6 is 0 Å². The zero-order valence-corrected chi connectivity index (χ0v) is 13.1. The number of ether oxygens (including phenoxy) is 1. The van der Waals surface area contributed by atoms with E-state index in [9.17, 15) is 0 Å². The van der Waals surface area contributed by atoms with E-state index in [4.69, 9.17) is 10.5 Å². The summed E-state index contributed by atoms with van der Waals surface area (Å²) in [5, 5.41) is 0. The van der Waals surface area contributed by atoms with E-state index < -0.39 is 0 Å². The molecule has 1 aliphatic rings. The van der Waals surface area contributed by atoms with Crippen LogP contribution in [0.3, 0.4) is 0 Å². The highest BCUT2D eigenvalue weighted by molar-refractivity contribution is 5.37. The normalized spacial score (nSPS) is 18.1. The van der Waals surface area contributed by atoms with Crippen LogP contribution in [0.2, 0.25) is 0 Å². The Hall–Kier alpha value is -1.06. The maximum atomic E-state index is 6.09. The summed E-state index contributed by atoms with van der Waals surface area (Å²) in [5.41, 5.74) is 7.53. The molecule has 0 saturated heterocycles. The highest BCUT2D eigenvalue weighted by Gasteiger charge is 2.34. The molecule has 1 atom stereocenters. The fourth-order valence-electron chi connectivity index (χ4n) is 3.37. The van der Waals surface area contributed by atoms with Crippen LogP contribution < -0.4 is 10.5 Å². The van der Waals surface area contributed by atoms with Crippen molar-refractivity contribution in [2.24, 2.45) is 5.73 Å². The minimum absolute atomic E-state index is 0.118. The Bertz CT molecular complexity index is 395. The Kier molecular flexibility index (Phi) is 5.06. The molecule has 2 rings (SSSR count). The lowest BCUT2D eigenvalue weighted by atomic mass is 9.90. The van der Waals surface area contributed by atoms with Gasteiger partial charge in [0.2, 0.25) is 0 Å². The van der Waals surface area contributed by atoms with Gasteiger partial charge < -0.3 is 10.5 Å². The van der Waals surface area contributed by atoms with Gasteiger partial charge in [-0.25, -0.2) is 0 Å². The second-order valence-corrected chi connectivity index (χ2v) is 5.73. The average Bonchev–Trinajstić information content (AvgIpc) is 2.90. The van der Waals surface area contributed by atoms with Gasteiger partial charge in [-0.05, 0) is 31.0 Å². The summed E-state index contributed by atoms with van der Waals surface area (Å²) in [7, 11) is 0. The van der Waals surface area contributed by atoms with Gasteiger partial charge in [-0.1, -0.05) is 39.0 Å². The highest BCUT2D eigenvalue weighted by atomic mass is 16.5. The van der Waals surface area contributed by atoms with Crippen LogP contribution in [0.5, 0.6) is 5.75 Å². The summed E-state index contributed by atoms with van der Waals surface area (Å²) in [6.07, 6.45) is 3.46. The van der Waals surface area contributed by atoms with E-state index >= 15 is 0 Å². The summed E-state index contributed by atoms with van der Waals surface area (Å²) in [4.78, 5) is 2.52. The van der Waals surface area contributed by atoms with Crippen molar-refractivity contribution in [1.82, 2.24) is 4.90 Å². The van der Waals surface area contributed by atoms with Crippen LogP contribution in [0.1, 0.15) is 39.2 Å². The molecule has 20 heavy (non-hydrogen) atoms. The molecule has 1 unspecified atom stereocenters. The van der Waals surface area contributed by atoms with Gasteiger partial charge in [-0.15, -0.1) is 0 Å². The van der Waals surface area contributed by atoms with Crippen molar-refractivity contribution >= 4 is 0 Å². The van der Waals surface area contributed by atoms with Crippen molar-refractivity contribution in [3.63, 3.8) is 0 Å². The number of nitrogens with two attached hydrogens (primary N) is 1. The van der Waals surface area contributed by atoms with Crippen LogP contribution in [0, 0.1) is 0 Å². The topological polar surface area (TPSA) is 38.5 Å². The fraction of sp³-hybridized carbons (Fsp3) is 0.647. The molecule has 3 heteroatoms. The first-order valence-electron chi connectivity index (χ1n) is 7.88. The first-order chi connectivity index (χ1) is 9.69. The molecule has 0 fully saturated rings. The third kappa shape index (κ3) is 2.84. The molecule has 1 aliphatic heterocycles. The van der Waals surface area contributed by atoms with Crippen LogP contribution in [-0.4, -0.2) is 36.2 Å². The quantitative estimate of drug-likeness (QED) is 0.832. The van der Waals surface area contributed by atoms with Gasteiger partial charge in [0.1, 0.15) is 11.9 Å². The van der Waals surface area contributed by atoms with Gasteiger partial charge in [0, 0.05) is 25.0 Å². The Morgan fingerprint density at radius 3 is 2.50 bits per heavy atom. The largest absolute Gasteiger partial charge is 0.488 e. The minimum atomic E-state index is 0.118. The van der Waals surface area contributed by atoms with E-state index in [0.717, 1.165) is 38.1 Å². The molecule has 0 saturated carbocycles. The number of para-hydroxylation sites is 1. The molecular formula is C17H28N2O. The molecular weight excluding hydrogens is 248 g/mol. The molecule has 0 amide bonds. The van der Waals surface area contributed by atoms with Crippen LogP contribution in [0.25, 0.3) is 0 Å². The molecule has 3 nitrogen and oxygen atoms in total. The molecule has 0 spiro atoms. The summed E-state index contributed by atoms with van der Waals surface area (Å²) in [5.74, 6) is 1.06. The van der Waals surface area contributed by atoms with E-state index in [1.54, 1.807) is 0 Å². The van der Waals surface area contributed by atoms with Crippen molar-refractivity contribution in [3.8, 4) is 5.75 Å². The van der Waals surface area contributed by atoms with Crippen molar-refractivity contribution < 1.29 is 4.74 Å². The van der Waals surface area contributed by atoms with Crippen LogP contribution in [0.15, 0.2) is 24.3 Å². The lowest BCUT2D eigenvalue weighted by Gasteiger charge is -2.43. The number of fused-ring (bicyclic) bond motifs is 1. The van der Waals surface area contributed by atoms with Gasteiger partial charge in [0.25, 0.3) is 0 Å². The second kappa shape index (κ2) is 6.59. The lowest BCUT2D eigenvalue weighted by molar-refractivity contribution is 0.0510. The van der Waals surface area contributed by atoms with Gasteiger partial charge in [-0.2, -0.15) is 0 Å². The molecule has 0 aromatic heterocycles. The van der Waals surface area contributed by atoms with Gasteiger partial charge in [-0.3, -0.25) is 4.90 Å². The van der Waals surface area contributed by atoms with Crippen molar-refractivity contribution in [1.29, 1.82) is 0 Å². The SMILES string of the molecule is CCN(CC1Cc2ccccc2O1)C(CC)(CC)CN. The highest BCUT2D eigenvalue weighted by Crippen LogP contribution is 2.30. The Morgan fingerprint density at radius 2 is 1.95 bits per heavy atom. The number of likely N-dealkylation sites (N-methyl/N-ethyl adjacent to an activating group) is 1. The van der Waals surface area contributed by atoms with Gasteiger partial charge >= 0.3 is 0 Å². The molecule has 0 aliphatic carbocycles. The van der Waals surface area contributed by atoms with E-state index in [1.165, 1.54) is 5.56 Å². The minimum Gasteiger partial charge on any atom is -0.488 e. The Morgan fingerprint density at radius 1 is 1.25 bits per heavy atom. The molecule has 0 radical (unpaired) electrons. The van der Waals surface area contributed by atoms with E-state index in [2.05, 4.69) is 43.9 Å². The van der Waals surface area contributed by atoms with Crippen molar-refractivity contribution in [2.75, 3.05) is 19.6 Å². The van der Waals surface area contributed by atoms with Crippen molar-refractivity contribution in [2.45, 2.75) is 51.7 Å². The maximum Gasteiger partial charge on any atom is 0.123 e. The Labute approximate surface area is 123 Å². The van der Waals surface area contributed by atoms with E-state index in [1.807, 2.05) is 6.07 Å². The summed E-state index contributed by atoms with van der Waals surface area (Å²) >= 11 is 0. The number of hydrogen-bond acceptors (Lipinski definition) is 3. The zero-order valence-electron chi connectivity index (χ0n) is 13.1. The third-order valence-electron chi connectivity index (χ3n) is 4.89. The summed E-state index contributed by atoms with van der Waals surface area (Å²) in [6.45, 7) is 9.40. The number of rotatable bonds is 7. The predicted octanol–water partition coefficient (Wildman–Crippen LogP) is 2.83. The fourth-order valence-corrected chi connectivity index (χ4v) is 3.37. The first kappa shape index (κ1) is 15.3. The van der Waals surface area contributed by atoms with Gasteiger partial charge in [0.15, 0.2) is 0 Å². The molecule has 0 bridgehead atoms. The molecule has 112 valence electrons. The van der Waals surface area contributed by atoms with Crippen LogP contribution in [-0.2, 0) is 6.42 Å². The van der Waals surface area contributed by atoms with E-state index in [0.29, 0.717) is 6.54 Å². The number of nitrogens with zero attached hydrogens (tertiary/aromatic N) is 1. The van der Waals surface area contributed by atoms with Crippen LogP contribution in [0.4, 0.5) is 0 Å². The average molecular weight is 276 g/mol. The molecule has 2 N–H and O–H groups in total. The zero-order chi connectivity index (χ0) is 14.6. The molecule has 1 aromatic carbocycles. The predicted molar refractivity (Wildman–Crippen MR) is 84.2 cm³/mol. The summed E-state index contributed by atoms with van der Waals surface area (Å²) in [6, 6.07) is 8.37. The standard InChI is InChI=1S/C17H28N2O/c1-4-17(5-2,13-18)19(6-3)12-15-11-14-9-7-8-10-16(14)20-15/h7-10,15H,4-6,11-13,18H2,1-3H3. The third-order valence-corrected chi connectivity index (χ3v) is 4.89. The second-order valence-electron chi connectivity index (χ2n) is 5.73.